The predicted molar refractivity (Wildman–Crippen MR) is 64.9 cm³/mol. The Morgan fingerprint density at radius 3 is 2.94 bits per heavy atom. The van der Waals surface area contributed by atoms with Crippen LogP contribution in [0.5, 0.6) is 5.75 Å². The second-order valence-electron chi connectivity index (χ2n) is 4.46. The third kappa shape index (κ3) is 1.92. The van der Waals surface area contributed by atoms with Gasteiger partial charge < -0.3 is 9.84 Å². The van der Waals surface area contributed by atoms with E-state index < -0.39 is 5.60 Å². The van der Waals surface area contributed by atoms with Crippen molar-refractivity contribution in [3.8, 4) is 5.75 Å². The molecule has 2 nitrogen and oxygen atoms in total. The summed E-state index contributed by atoms with van der Waals surface area (Å²) >= 11 is 5.97. The summed E-state index contributed by atoms with van der Waals surface area (Å²) in [7, 11) is 1.62. The SMILES string of the molecule is CCCC1CC1(O)c1cc(Cl)ccc1OC. The van der Waals surface area contributed by atoms with Crippen molar-refractivity contribution in [2.24, 2.45) is 5.92 Å². The largest absolute Gasteiger partial charge is 0.496 e. The number of methoxy groups -OCH3 is 1. The molecule has 0 heterocycles. The molecule has 2 rings (SSSR count). The Morgan fingerprint density at radius 2 is 2.31 bits per heavy atom. The number of rotatable bonds is 4. The molecule has 0 bridgehead atoms. The average Bonchev–Trinajstić information content (AvgIpc) is 2.91. The maximum Gasteiger partial charge on any atom is 0.125 e. The highest BCUT2D eigenvalue weighted by Gasteiger charge is 2.54. The fourth-order valence-electron chi connectivity index (χ4n) is 2.35. The molecule has 1 saturated carbocycles. The van der Waals surface area contributed by atoms with Crippen LogP contribution in [0.25, 0.3) is 0 Å². The van der Waals surface area contributed by atoms with Crippen LogP contribution in [0.4, 0.5) is 0 Å². The standard InChI is InChI=1S/C13H17ClO2/c1-3-4-9-8-13(9,15)11-7-10(14)5-6-12(11)16-2/h5-7,9,15H,3-4,8H2,1-2H3. The first kappa shape index (κ1) is 11.7. The summed E-state index contributed by atoms with van der Waals surface area (Å²) < 4.78 is 5.27. The van der Waals surface area contributed by atoms with Crippen LogP contribution in [0, 0.1) is 5.92 Å². The molecule has 1 N–H and O–H groups in total. The topological polar surface area (TPSA) is 29.5 Å². The van der Waals surface area contributed by atoms with Crippen molar-refractivity contribution in [1.29, 1.82) is 0 Å². The molecule has 0 saturated heterocycles. The van der Waals surface area contributed by atoms with Gasteiger partial charge in [-0.25, -0.2) is 0 Å². The van der Waals surface area contributed by atoms with Crippen LogP contribution in [-0.2, 0) is 5.60 Å². The van der Waals surface area contributed by atoms with Crippen molar-refractivity contribution in [3.63, 3.8) is 0 Å². The molecule has 2 unspecified atom stereocenters. The van der Waals surface area contributed by atoms with Gasteiger partial charge >= 0.3 is 0 Å². The van der Waals surface area contributed by atoms with Crippen LogP contribution in [0.15, 0.2) is 18.2 Å². The first-order valence-corrected chi connectivity index (χ1v) is 6.06. The van der Waals surface area contributed by atoms with Crippen LogP contribution in [-0.4, -0.2) is 12.2 Å². The van der Waals surface area contributed by atoms with Gasteiger partial charge in [0.2, 0.25) is 0 Å². The summed E-state index contributed by atoms with van der Waals surface area (Å²) in [6.07, 6.45) is 2.96. The molecule has 3 heteroatoms. The van der Waals surface area contributed by atoms with Crippen molar-refractivity contribution >= 4 is 11.6 Å². The predicted octanol–water partition coefficient (Wildman–Crippen LogP) is 3.36. The van der Waals surface area contributed by atoms with Crippen molar-refractivity contribution in [2.45, 2.75) is 31.8 Å². The Balaban J connectivity index is 2.30. The summed E-state index contributed by atoms with van der Waals surface area (Å²) in [5, 5.41) is 11.1. The molecular formula is C13H17ClO2. The Morgan fingerprint density at radius 1 is 1.56 bits per heavy atom. The first-order chi connectivity index (χ1) is 7.61. The van der Waals surface area contributed by atoms with Gasteiger partial charge in [-0.3, -0.25) is 0 Å². The minimum atomic E-state index is -0.716. The van der Waals surface area contributed by atoms with Crippen LogP contribution >= 0.6 is 11.6 Å². The highest BCUT2D eigenvalue weighted by molar-refractivity contribution is 6.30. The summed E-state index contributed by atoms with van der Waals surface area (Å²) in [4.78, 5) is 0. The zero-order chi connectivity index (χ0) is 11.8. The van der Waals surface area contributed by atoms with E-state index in [1.54, 1.807) is 13.2 Å². The highest BCUT2D eigenvalue weighted by atomic mass is 35.5. The number of ether oxygens (including phenoxy) is 1. The number of hydrogen-bond acceptors (Lipinski definition) is 2. The minimum Gasteiger partial charge on any atom is -0.496 e. The first-order valence-electron chi connectivity index (χ1n) is 5.68. The lowest BCUT2D eigenvalue weighted by Crippen LogP contribution is -2.10. The Kier molecular flexibility index (Phi) is 3.13. The number of halogens is 1. The van der Waals surface area contributed by atoms with Gasteiger partial charge in [-0.1, -0.05) is 24.9 Å². The lowest BCUT2D eigenvalue weighted by molar-refractivity contribution is 0.125. The molecule has 1 aliphatic carbocycles. The fraction of sp³-hybridized carbons (Fsp3) is 0.538. The van der Waals surface area contributed by atoms with Crippen LogP contribution < -0.4 is 4.74 Å². The Bertz CT molecular complexity index is 392. The number of hydrogen-bond donors (Lipinski definition) is 1. The maximum absolute atomic E-state index is 10.5. The third-order valence-corrected chi connectivity index (χ3v) is 3.57. The quantitative estimate of drug-likeness (QED) is 0.875. The number of benzene rings is 1. The summed E-state index contributed by atoms with van der Waals surface area (Å²) in [6.45, 7) is 2.13. The lowest BCUT2D eigenvalue weighted by atomic mass is 10.0. The molecule has 0 radical (unpaired) electrons. The molecule has 0 amide bonds. The van der Waals surface area contributed by atoms with E-state index in [-0.39, 0.29) is 0 Å². The fourth-order valence-corrected chi connectivity index (χ4v) is 2.53. The van der Waals surface area contributed by atoms with Crippen molar-refractivity contribution in [1.82, 2.24) is 0 Å². The second kappa shape index (κ2) is 4.27. The van der Waals surface area contributed by atoms with Gasteiger partial charge in [-0.2, -0.15) is 0 Å². The van der Waals surface area contributed by atoms with Gasteiger partial charge in [0, 0.05) is 10.6 Å². The molecular weight excluding hydrogens is 224 g/mol. The van der Waals surface area contributed by atoms with E-state index in [1.807, 2.05) is 12.1 Å². The zero-order valence-corrected chi connectivity index (χ0v) is 10.4. The Labute approximate surface area is 101 Å². The van der Waals surface area contributed by atoms with E-state index in [9.17, 15) is 5.11 Å². The van der Waals surface area contributed by atoms with Gasteiger partial charge in [0.05, 0.1) is 12.7 Å². The summed E-state index contributed by atoms with van der Waals surface area (Å²) in [5.74, 6) is 1.08. The molecule has 1 aliphatic rings. The molecule has 0 spiro atoms. The smallest absolute Gasteiger partial charge is 0.125 e. The van der Waals surface area contributed by atoms with Gasteiger partial charge in [-0.05, 0) is 37.0 Å². The van der Waals surface area contributed by atoms with Gasteiger partial charge in [0.1, 0.15) is 5.75 Å². The molecule has 88 valence electrons. The molecule has 16 heavy (non-hydrogen) atoms. The van der Waals surface area contributed by atoms with Crippen LogP contribution in [0.2, 0.25) is 5.02 Å². The average molecular weight is 241 g/mol. The van der Waals surface area contributed by atoms with Crippen molar-refractivity contribution < 1.29 is 9.84 Å². The Hall–Kier alpha value is -0.730. The molecule has 1 fully saturated rings. The zero-order valence-electron chi connectivity index (χ0n) is 9.66. The molecule has 1 aromatic rings. The third-order valence-electron chi connectivity index (χ3n) is 3.34. The lowest BCUT2D eigenvalue weighted by Gasteiger charge is -2.15. The van der Waals surface area contributed by atoms with E-state index in [2.05, 4.69) is 6.92 Å². The molecule has 2 atom stereocenters. The molecule has 0 aliphatic heterocycles. The van der Waals surface area contributed by atoms with Gasteiger partial charge in [0.25, 0.3) is 0 Å². The van der Waals surface area contributed by atoms with Crippen LogP contribution in [0.1, 0.15) is 31.7 Å². The van der Waals surface area contributed by atoms with Gasteiger partial charge in [0.15, 0.2) is 0 Å². The second-order valence-corrected chi connectivity index (χ2v) is 4.90. The van der Waals surface area contributed by atoms with E-state index in [0.717, 1.165) is 30.6 Å². The van der Waals surface area contributed by atoms with E-state index >= 15 is 0 Å². The van der Waals surface area contributed by atoms with Crippen molar-refractivity contribution in [2.75, 3.05) is 7.11 Å². The van der Waals surface area contributed by atoms with E-state index in [1.165, 1.54) is 0 Å². The summed E-state index contributed by atoms with van der Waals surface area (Å²) in [5.41, 5.74) is 0.118. The van der Waals surface area contributed by atoms with Crippen molar-refractivity contribution in [3.05, 3.63) is 28.8 Å². The minimum absolute atomic E-state index is 0.352. The number of aliphatic hydroxyl groups is 1. The summed E-state index contributed by atoms with van der Waals surface area (Å²) in [6, 6.07) is 5.41. The molecule has 1 aromatic carbocycles. The monoisotopic (exact) mass is 240 g/mol. The van der Waals surface area contributed by atoms with Crippen LogP contribution in [0.3, 0.4) is 0 Å². The normalized spacial score (nSPS) is 27.9. The van der Waals surface area contributed by atoms with Gasteiger partial charge in [-0.15, -0.1) is 0 Å². The molecule has 0 aromatic heterocycles. The highest BCUT2D eigenvalue weighted by Crippen LogP contribution is 2.56. The van der Waals surface area contributed by atoms with E-state index in [4.69, 9.17) is 16.3 Å². The maximum atomic E-state index is 10.5. The van der Waals surface area contributed by atoms with E-state index in [0.29, 0.717) is 10.9 Å².